The van der Waals surface area contributed by atoms with Gasteiger partial charge < -0.3 is 126 Å². The average Bonchev–Trinajstić information content (AvgIpc) is 3.25. The SMILES string of the molecule is CC(=O)N[C@H]1[C@H]([C@H](O)[C@H](O)CO)O[C@@](O[C@H]2[C@H](O[C@H]3[C@H](O)[C@@H](NC(C)=O)C(O)O[C@@H]3CO)O[C@H](CO)[C@H](O)[C@@H]2O[C@]2(C(=O)O)C[C@H](O)[C@@H](NC(C)=O)[C@H]([C@H](O)[C@H](O)CO)O2)(C(=O)O)C[C@@H]1O. The molecule has 30 heteroatoms. The van der Waals surface area contributed by atoms with Crippen LogP contribution in [0.25, 0.3) is 0 Å². The Morgan fingerprint density at radius 1 is 0.591 bits per heavy atom. The zero-order chi connectivity index (χ0) is 49.7. The number of ether oxygens (including phenoxy) is 7. The Labute approximate surface area is 373 Å². The van der Waals surface area contributed by atoms with Gasteiger partial charge in [0, 0.05) is 33.6 Å². The van der Waals surface area contributed by atoms with Gasteiger partial charge >= 0.3 is 11.9 Å². The van der Waals surface area contributed by atoms with Gasteiger partial charge in [0.1, 0.15) is 85.4 Å². The van der Waals surface area contributed by atoms with Crippen LogP contribution in [0.2, 0.25) is 0 Å². The second-order valence-electron chi connectivity index (χ2n) is 16.2. The van der Waals surface area contributed by atoms with Crippen LogP contribution in [0.1, 0.15) is 33.6 Å². The molecule has 0 radical (unpaired) electrons. The molecule has 22 atom stereocenters. The first kappa shape index (κ1) is 55.1. The standard InChI is InChI=1S/C36H59N3O27/c1-10(44)37-19-13(47)4-35(33(56)57,63-27(19)22(51)15(49)6-40)65-29-24(53)17(8-42)61-32(62-26-18(9-43)60-31(55)21(25(26)54)39-12(3)46)30(29)66-36(34(58)59)5-14(48)20(38-11(2)45)28(64-36)23(52)16(50)7-41/h13-32,40-43,47-55H,4-9H2,1-3H3,(H,37,44)(H,38,45)(H,39,46)(H,56,57)(H,58,59)/t13-,14-,15+,16+,17+,18+,19+,20+,21+,22+,23+,24-,25+,26+,27+,28+,29-,30+,31?,32-,35-,36-/m0/s1. The number of carbonyl (C=O) groups excluding carboxylic acids is 3. The van der Waals surface area contributed by atoms with E-state index < -0.39 is 203 Å². The van der Waals surface area contributed by atoms with Crippen LogP contribution in [0.15, 0.2) is 0 Å². The molecule has 4 saturated heterocycles. The minimum absolute atomic E-state index is 0.837. The molecule has 0 aromatic rings. The maximum absolute atomic E-state index is 13.4. The van der Waals surface area contributed by atoms with E-state index in [0.29, 0.717) is 0 Å². The van der Waals surface area contributed by atoms with Crippen LogP contribution in [-0.4, -0.2) is 267 Å². The monoisotopic (exact) mass is 965 g/mol. The molecule has 0 aliphatic carbocycles. The minimum atomic E-state index is -3.44. The van der Waals surface area contributed by atoms with E-state index in [4.69, 9.17) is 33.2 Å². The number of nitrogens with one attached hydrogen (secondary N) is 3. The zero-order valence-corrected chi connectivity index (χ0v) is 35.4. The van der Waals surface area contributed by atoms with Crippen molar-refractivity contribution in [3.8, 4) is 0 Å². The van der Waals surface area contributed by atoms with E-state index >= 15 is 0 Å². The lowest BCUT2D eigenvalue weighted by molar-refractivity contribution is -0.413. The van der Waals surface area contributed by atoms with Crippen molar-refractivity contribution in [2.45, 2.75) is 167 Å². The molecule has 380 valence electrons. The molecule has 4 aliphatic heterocycles. The second kappa shape index (κ2) is 22.8. The molecule has 4 fully saturated rings. The third-order valence-corrected chi connectivity index (χ3v) is 11.4. The number of aliphatic hydroxyl groups is 13. The number of aliphatic carboxylic acids is 2. The minimum Gasteiger partial charge on any atom is -0.477 e. The van der Waals surface area contributed by atoms with Crippen LogP contribution in [0.3, 0.4) is 0 Å². The topological polar surface area (TPSA) is 490 Å². The molecule has 66 heavy (non-hydrogen) atoms. The largest absolute Gasteiger partial charge is 0.477 e. The van der Waals surface area contributed by atoms with E-state index in [-0.39, 0.29) is 0 Å². The number of hydrogen-bond acceptors (Lipinski definition) is 25. The summed E-state index contributed by atoms with van der Waals surface area (Å²) in [5.74, 6) is -13.9. The first-order valence-electron chi connectivity index (χ1n) is 20.3. The second-order valence-corrected chi connectivity index (χ2v) is 16.2. The van der Waals surface area contributed by atoms with Gasteiger partial charge in [-0.1, -0.05) is 0 Å². The van der Waals surface area contributed by atoms with Gasteiger partial charge in [-0.2, -0.15) is 0 Å². The summed E-state index contributed by atoms with van der Waals surface area (Å²) < 4.78 is 40.4. The molecule has 18 N–H and O–H groups in total. The van der Waals surface area contributed by atoms with Gasteiger partial charge in [-0.3, -0.25) is 14.4 Å². The first-order chi connectivity index (χ1) is 30.8. The highest BCUT2D eigenvalue weighted by atomic mass is 16.8. The predicted molar refractivity (Wildman–Crippen MR) is 203 cm³/mol. The van der Waals surface area contributed by atoms with Gasteiger partial charge in [-0.05, 0) is 0 Å². The molecule has 0 saturated carbocycles. The lowest BCUT2D eigenvalue weighted by atomic mass is 9.87. The van der Waals surface area contributed by atoms with Crippen molar-refractivity contribution in [2.75, 3.05) is 26.4 Å². The van der Waals surface area contributed by atoms with E-state index in [1.165, 1.54) is 0 Å². The van der Waals surface area contributed by atoms with E-state index in [0.717, 1.165) is 20.8 Å². The van der Waals surface area contributed by atoms with E-state index in [1.807, 2.05) is 0 Å². The van der Waals surface area contributed by atoms with Gasteiger partial charge in [0.25, 0.3) is 11.6 Å². The molecule has 4 heterocycles. The lowest BCUT2D eigenvalue weighted by Gasteiger charge is -2.53. The van der Waals surface area contributed by atoms with E-state index in [2.05, 4.69) is 16.0 Å². The number of hydrogen-bond donors (Lipinski definition) is 18. The smallest absolute Gasteiger partial charge is 0.364 e. The number of carboxylic acid groups (broad SMARTS) is 2. The van der Waals surface area contributed by atoms with Crippen LogP contribution in [-0.2, 0) is 57.1 Å². The van der Waals surface area contributed by atoms with E-state index in [1.54, 1.807) is 0 Å². The molecule has 4 aliphatic rings. The van der Waals surface area contributed by atoms with Crippen LogP contribution in [0.4, 0.5) is 0 Å². The summed E-state index contributed by atoms with van der Waals surface area (Å²) in [7, 11) is 0. The molecule has 0 spiro atoms. The molecule has 0 bridgehead atoms. The normalized spacial score (nSPS) is 41.4. The molecular weight excluding hydrogens is 906 g/mol. The summed E-state index contributed by atoms with van der Waals surface area (Å²) in [4.78, 5) is 63.1. The van der Waals surface area contributed by atoms with Crippen molar-refractivity contribution >= 4 is 29.7 Å². The Balaban J connectivity index is 1.96. The molecular formula is C36H59N3O27. The van der Waals surface area contributed by atoms with Crippen molar-refractivity contribution in [1.29, 1.82) is 0 Å². The fraction of sp³-hybridized carbons (Fsp3) is 0.861. The first-order valence-corrected chi connectivity index (χ1v) is 20.3. The number of carbonyl (C=O) groups is 5. The summed E-state index contributed by atoms with van der Waals surface area (Å²) in [6.07, 6.45) is -40.3. The lowest BCUT2D eigenvalue weighted by Crippen LogP contribution is -2.73. The molecule has 30 nitrogen and oxygen atoms in total. The van der Waals surface area contributed by atoms with Crippen molar-refractivity contribution in [3.05, 3.63) is 0 Å². The van der Waals surface area contributed by atoms with Crippen LogP contribution >= 0.6 is 0 Å². The van der Waals surface area contributed by atoms with Gasteiger partial charge in [0.2, 0.25) is 17.7 Å². The quantitative estimate of drug-likeness (QED) is 0.0571. The fourth-order valence-corrected chi connectivity index (χ4v) is 8.14. The predicted octanol–water partition coefficient (Wildman–Crippen LogP) is -10.9. The summed E-state index contributed by atoms with van der Waals surface area (Å²) in [5, 5.41) is 167. The third-order valence-electron chi connectivity index (χ3n) is 11.4. The highest BCUT2D eigenvalue weighted by molar-refractivity contribution is 5.77. The van der Waals surface area contributed by atoms with Gasteiger partial charge in [-0.15, -0.1) is 0 Å². The van der Waals surface area contributed by atoms with E-state index in [9.17, 15) is 101 Å². The summed E-state index contributed by atoms with van der Waals surface area (Å²) in [6, 6.07) is -5.29. The van der Waals surface area contributed by atoms with Crippen molar-refractivity contribution in [1.82, 2.24) is 16.0 Å². The van der Waals surface area contributed by atoms with Crippen LogP contribution < -0.4 is 16.0 Å². The van der Waals surface area contributed by atoms with Crippen molar-refractivity contribution < 1.29 is 134 Å². The fourth-order valence-electron chi connectivity index (χ4n) is 8.14. The van der Waals surface area contributed by atoms with Gasteiger partial charge in [-0.25, -0.2) is 9.59 Å². The maximum Gasteiger partial charge on any atom is 0.364 e. The maximum atomic E-state index is 13.4. The third kappa shape index (κ3) is 11.9. The molecule has 0 aromatic carbocycles. The summed E-state index contributed by atoms with van der Waals surface area (Å²) >= 11 is 0. The van der Waals surface area contributed by atoms with Crippen LogP contribution in [0, 0.1) is 0 Å². The average molecular weight is 966 g/mol. The Hall–Kier alpha value is -3.45. The molecule has 0 aromatic heterocycles. The summed E-state index contributed by atoms with van der Waals surface area (Å²) in [6.45, 7) is -1.84. The highest BCUT2D eigenvalue weighted by Gasteiger charge is 2.64. The zero-order valence-electron chi connectivity index (χ0n) is 35.4. The molecule has 1 unspecified atom stereocenters. The van der Waals surface area contributed by atoms with Crippen molar-refractivity contribution in [3.63, 3.8) is 0 Å². The van der Waals surface area contributed by atoms with Crippen molar-refractivity contribution in [2.24, 2.45) is 0 Å². The Bertz CT molecular complexity index is 1680. The summed E-state index contributed by atoms with van der Waals surface area (Å²) in [5.41, 5.74) is 0. The number of carboxylic acids is 2. The number of aliphatic hydroxyl groups excluding tert-OH is 13. The molecule has 3 amide bonds. The Morgan fingerprint density at radius 3 is 1.38 bits per heavy atom. The van der Waals surface area contributed by atoms with Gasteiger partial charge in [0.15, 0.2) is 12.6 Å². The van der Waals surface area contributed by atoms with Crippen LogP contribution in [0.5, 0.6) is 0 Å². The highest BCUT2D eigenvalue weighted by Crippen LogP contribution is 2.42. The Kier molecular flexibility index (Phi) is 19.0. The van der Waals surface area contributed by atoms with Gasteiger partial charge in [0.05, 0.1) is 50.7 Å². The number of rotatable bonds is 19. The Morgan fingerprint density at radius 2 is 1.00 bits per heavy atom. The number of amides is 3. The molecule has 4 rings (SSSR count).